The molecule has 3 aromatic rings. The number of piperazine rings is 1. The molecule has 4 rings (SSSR count). The van der Waals surface area contributed by atoms with Gasteiger partial charge in [0.25, 0.3) is 0 Å². The molecule has 0 saturated carbocycles. The molecular formula is C22H24N6OS. The molecule has 1 saturated heterocycles. The average Bonchev–Trinajstić information content (AvgIpc) is 3.23. The minimum atomic E-state index is 0.0838. The fourth-order valence-corrected chi connectivity index (χ4v) is 3.91. The summed E-state index contributed by atoms with van der Waals surface area (Å²) in [7, 11) is 0. The molecule has 0 unspecified atom stereocenters. The first kappa shape index (κ1) is 20.3. The zero-order valence-electron chi connectivity index (χ0n) is 16.9. The van der Waals surface area contributed by atoms with Gasteiger partial charge in [-0.15, -0.1) is 5.10 Å². The number of rotatable bonds is 6. The predicted octanol–water partition coefficient (Wildman–Crippen LogP) is 2.93. The van der Waals surface area contributed by atoms with Crippen molar-refractivity contribution in [3.05, 3.63) is 60.2 Å². The van der Waals surface area contributed by atoms with Crippen molar-refractivity contribution in [2.45, 2.75) is 0 Å². The van der Waals surface area contributed by atoms with E-state index in [0.29, 0.717) is 0 Å². The summed E-state index contributed by atoms with van der Waals surface area (Å²) in [6.45, 7) is 3.56. The van der Waals surface area contributed by atoms with Gasteiger partial charge in [-0.05, 0) is 42.2 Å². The van der Waals surface area contributed by atoms with Crippen molar-refractivity contribution in [2.75, 3.05) is 39.0 Å². The summed E-state index contributed by atoms with van der Waals surface area (Å²) in [5.74, 6) is 0.0838. The molecule has 0 atom stereocenters. The summed E-state index contributed by atoms with van der Waals surface area (Å²) in [5.41, 5.74) is 3.81. The maximum atomic E-state index is 12.3. The van der Waals surface area contributed by atoms with Gasteiger partial charge in [0.15, 0.2) is 0 Å². The monoisotopic (exact) mass is 420 g/mol. The van der Waals surface area contributed by atoms with E-state index in [9.17, 15) is 4.79 Å². The summed E-state index contributed by atoms with van der Waals surface area (Å²) in [4.78, 5) is 18.4. The second kappa shape index (κ2) is 9.69. The first-order valence-electron chi connectivity index (χ1n) is 9.89. The second-order valence-electron chi connectivity index (χ2n) is 6.93. The molecule has 1 aromatic heterocycles. The summed E-state index contributed by atoms with van der Waals surface area (Å²) >= 11 is 1.73. The van der Waals surface area contributed by atoms with Gasteiger partial charge in [0.05, 0.1) is 11.2 Å². The van der Waals surface area contributed by atoms with E-state index in [1.165, 1.54) is 0 Å². The van der Waals surface area contributed by atoms with Crippen LogP contribution in [0.2, 0.25) is 0 Å². The SMILES string of the molecule is CSN1CCN(C(=O)CN=C/C=C/c2cccc(-n3nnc4ccccc43)c2)CC1. The van der Waals surface area contributed by atoms with Crippen LogP contribution in [0.5, 0.6) is 0 Å². The molecule has 8 heteroatoms. The zero-order valence-corrected chi connectivity index (χ0v) is 17.7. The van der Waals surface area contributed by atoms with Gasteiger partial charge >= 0.3 is 0 Å². The molecule has 0 spiro atoms. The number of carbonyl (C=O) groups excluding carboxylic acids is 1. The predicted molar refractivity (Wildman–Crippen MR) is 123 cm³/mol. The quantitative estimate of drug-likeness (QED) is 0.453. The van der Waals surface area contributed by atoms with E-state index >= 15 is 0 Å². The average molecular weight is 421 g/mol. The van der Waals surface area contributed by atoms with Crippen molar-refractivity contribution in [2.24, 2.45) is 4.99 Å². The van der Waals surface area contributed by atoms with E-state index in [-0.39, 0.29) is 12.5 Å². The summed E-state index contributed by atoms with van der Waals surface area (Å²) in [6, 6.07) is 15.9. The molecule has 2 heterocycles. The molecule has 1 fully saturated rings. The van der Waals surface area contributed by atoms with Crippen molar-refractivity contribution >= 4 is 41.2 Å². The number of nitrogens with zero attached hydrogens (tertiary/aromatic N) is 6. The number of aromatic nitrogens is 3. The van der Waals surface area contributed by atoms with E-state index in [2.05, 4.69) is 25.9 Å². The summed E-state index contributed by atoms with van der Waals surface area (Å²) in [6.07, 6.45) is 7.58. The second-order valence-corrected chi connectivity index (χ2v) is 7.81. The Morgan fingerprint density at radius 1 is 1.13 bits per heavy atom. The van der Waals surface area contributed by atoms with Gasteiger partial charge in [0, 0.05) is 32.4 Å². The molecule has 0 bridgehead atoms. The highest BCUT2D eigenvalue weighted by Crippen LogP contribution is 2.17. The fraction of sp³-hybridized carbons (Fsp3) is 0.273. The Morgan fingerprint density at radius 2 is 1.97 bits per heavy atom. The van der Waals surface area contributed by atoms with Crippen LogP contribution in [0, 0.1) is 0 Å². The number of fused-ring (bicyclic) bond motifs is 1. The number of carbonyl (C=O) groups is 1. The Hall–Kier alpha value is -2.97. The molecule has 1 aliphatic heterocycles. The number of aliphatic imine (C=N–C) groups is 1. The Balaban J connectivity index is 1.34. The molecule has 1 amide bonds. The zero-order chi connectivity index (χ0) is 20.8. The van der Waals surface area contributed by atoms with Crippen LogP contribution in [0.3, 0.4) is 0 Å². The van der Waals surface area contributed by atoms with Crippen LogP contribution in [0.25, 0.3) is 22.8 Å². The highest BCUT2D eigenvalue weighted by Gasteiger charge is 2.19. The number of hydrogen-bond acceptors (Lipinski definition) is 6. The molecule has 2 aromatic carbocycles. The third-order valence-electron chi connectivity index (χ3n) is 5.02. The van der Waals surface area contributed by atoms with E-state index in [1.807, 2.05) is 70.3 Å². The van der Waals surface area contributed by atoms with Crippen LogP contribution in [0.4, 0.5) is 0 Å². The minimum Gasteiger partial charge on any atom is -0.338 e. The maximum Gasteiger partial charge on any atom is 0.244 e. The largest absolute Gasteiger partial charge is 0.338 e. The first-order chi connectivity index (χ1) is 14.7. The minimum absolute atomic E-state index is 0.0838. The van der Waals surface area contributed by atoms with Crippen LogP contribution >= 0.6 is 11.9 Å². The lowest BCUT2D eigenvalue weighted by atomic mass is 10.2. The Labute approximate surface area is 180 Å². The van der Waals surface area contributed by atoms with Gasteiger partial charge in [0.2, 0.25) is 5.91 Å². The molecule has 7 nitrogen and oxygen atoms in total. The lowest BCUT2D eigenvalue weighted by molar-refractivity contribution is -0.130. The van der Waals surface area contributed by atoms with E-state index < -0.39 is 0 Å². The summed E-state index contributed by atoms with van der Waals surface area (Å²) < 4.78 is 4.10. The van der Waals surface area contributed by atoms with Gasteiger partial charge in [-0.25, -0.2) is 8.99 Å². The van der Waals surface area contributed by atoms with Gasteiger partial charge in [-0.2, -0.15) is 0 Å². The van der Waals surface area contributed by atoms with Crippen molar-refractivity contribution in [1.82, 2.24) is 24.2 Å². The maximum absolute atomic E-state index is 12.3. The molecule has 154 valence electrons. The normalized spacial score (nSPS) is 15.6. The van der Waals surface area contributed by atoms with Crippen LogP contribution in [-0.2, 0) is 4.79 Å². The van der Waals surface area contributed by atoms with E-state index in [0.717, 1.165) is 48.5 Å². The van der Waals surface area contributed by atoms with Crippen LogP contribution in [-0.4, -0.2) is 75.3 Å². The van der Waals surface area contributed by atoms with Crippen molar-refractivity contribution in [3.8, 4) is 5.69 Å². The molecule has 30 heavy (non-hydrogen) atoms. The number of benzene rings is 2. The fourth-order valence-electron chi connectivity index (χ4n) is 3.39. The van der Waals surface area contributed by atoms with Crippen LogP contribution < -0.4 is 0 Å². The lowest BCUT2D eigenvalue weighted by Crippen LogP contribution is -2.47. The Morgan fingerprint density at radius 3 is 2.80 bits per heavy atom. The van der Waals surface area contributed by atoms with E-state index in [1.54, 1.807) is 18.2 Å². The highest BCUT2D eigenvalue weighted by atomic mass is 32.2. The van der Waals surface area contributed by atoms with Crippen molar-refractivity contribution < 1.29 is 4.79 Å². The van der Waals surface area contributed by atoms with E-state index in [4.69, 9.17) is 0 Å². The Kier molecular flexibility index (Phi) is 6.56. The topological polar surface area (TPSA) is 66.6 Å². The third-order valence-corrected chi connectivity index (χ3v) is 5.90. The number of amides is 1. The van der Waals surface area contributed by atoms with Crippen LogP contribution in [0.1, 0.15) is 5.56 Å². The van der Waals surface area contributed by atoms with Crippen molar-refractivity contribution in [1.29, 1.82) is 0 Å². The third kappa shape index (κ3) is 4.77. The smallest absolute Gasteiger partial charge is 0.244 e. The van der Waals surface area contributed by atoms with Gasteiger partial charge < -0.3 is 4.90 Å². The van der Waals surface area contributed by atoms with Crippen molar-refractivity contribution in [3.63, 3.8) is 0 Å². The molecule has 0 aliphatic carbocycles. The van der Waals surface area contributed by atoms with Gasteiger partial charge in [-0.1, -0.05) is 47.5 Å². The highest BCUT2D eigenvalue weighted by molar-refractivity contribution is 7.96. The summed E-state index contributed by atoms with van der Waals surface area (Å²) in [5, 5.41) is 8.47. The first-order valence-corrected chi connectivity index (χ1v) is 11.1. The molecular weight excluding hydrogens is 396 g/mol. The standard InChI is InChI=1S/C22H24N6OS/c1-30-27-14-12-26(13-15-27)22(29)17-23-11-5-7-18-6-4-8-19(16-18)28-21-10-3-2-9-20(21)24-25-28/h2-11,16H,12-15,17H2,1H3/b7-5+,23-11?. The van der Waals surface area contributed by atoms with Gasteiger partial charge in [-0.3, -0.25) is 9.79 Å². The number of hydrogen-bond donors (Lipinski definition) is 0. The Bertz CT molecular complexity index is 1070. The van der Waals surface area contributed by atoms with Gasteiger partial charge in [0.1, 0.15) is 12.1 Å². The van der Waals surface area contributed by atoms with Crippen LogP contribution in [0.15, 0.2) is 59.6 Å². The lowest BCUT2D eigenvalue weighted by Gasteiger charge is -2.32. The number of allylic oxidation sites excluding steroid dienone is 1. The molecule has 1 aliphatic rings. The molecule has 0 N–H and O–H groups in total. The number of para-hydroxylation sites is 1. The molecule has 0 radical (unpaired) electrons.